The number of nitrogens with zero attached hydrogens (tertiary/aromatic N) is 1. The molecule has 5 heteroatoms. The summed E-state index contributed by atoms with van der Waals surface area (Å²) in [4.78, 5) is 17.2. The van der Waals surface area contributed by atoms with Crippen molar-refractivity contribution in [1.29, 1.82) is 0 Å². The molecule has 24 heavy (non-hydrogen) atoms. The van der Waals surface area contributed by atoms with Gasteiger partial charge in [0.05, 0.1) is 15.4 Å². The van der Waals surface area contributed by atoms with Gasteiger partial charge in [0, 0.05) is 24.5 Å². The van der Waals surface area contributed by atoms with Crippen LogP contribution in [0.1, 0.15) is 31.2 Å². The first-order valence-electron chi connectivity index (χ1n) is 7.97. The molecule has 1 aromatic carbocycles. The van der Waals surface area contributed by atoms with E-state index >= 15 is 0 Å². The molecule has 0 radical (unpaired) electrons. The summed E-state index contributed by atoms with van der Waals surface area (Å²) in [6, 6.07) is 14.3. The number of carbonyl (C=O) groups excluding carboxylic acids is 1. The number of nitrogen functional groups attached to an aromatic ring is 1. The van der Waals surface area contributed by atoms with Gasteiger partial charge >= 0.3 is 0 Å². The highest BCUT2D eigenvalue weighted by Crippen LogP contribution is 2.37. The predicted molar refractivity (Wildman–Crippen MR) is 101 cm³/mol. The number of ketones is 1. The average molecular weight is 355 g/mol. The van der Waals surface area contributed by atoms with E-state index in [1.807, 2.05) is 23.6 Å². The Morgan fingerprint density at radius 1 is 1.17 bits per heavy atom. The third-order valence-corrected chi connectivity index (χ3v) is 6.30. The number of nitrogens with two attached hydrogens (primary N) is 1. The number of hydrogen-bond donors (Lipinski definition) is 1. The van der Waals surface area contributed by atoms with Crippen LogP contribution in [-0.2, 0) is 19.5 Å². The third kappa shape index (κ3) is 2.90. The minimum Gasteiger partial charge on any atom is -0.390 e. The van der Waals surface area contributed by atoms with Crippen LogP contribution in [0.25, 0.3) is 0 Å². The van der Waals surface area contributed by atoms with Crippen LogP contribution in [0.4, 0.5) is 5.00 Å². The van der Waals surface area contributed by atoms with Gasteiger partial charge in [-0.2, -0.15) is 0 Å². The van der Waals surface area contributed by atoms with Crippen molar-refractivity contribution in [1.82, 2.24) is 4.90 Å². The van der Waals surface area contributed by atoms with Crippen LogP contribution >= 0.6 is 22.7 Å². The number of anilines is 1. The summed E-state index contributed by atoms with van der Waals surface area (Å²) in [5.41, 5.74) is 9.44. The van der Waals surface area contributed by atoms with Gasteiger partial charge in [0.25, 0.3) is 0 Å². The van der Waals surface area contributed by atoms with Crippen LogP contribution < -0.4 is 5.73 Å². The second kappa shape index (κ2) is 6.51. The highest BCUT2D eigenvalue weighted by Gasteiger charge is 2.27. The first-order chi connectivity index (χ1) is 11.7. The maximum atomic E-state index is 12.8. The molecule has 0 unspecified atom stereocenters. The van der Waals surface area contributed by atoms with Crippen LogP contribution in [-0.4, -0.2) is 17.2 Å². The van der Waals surface area contributed by atoms with E-state index in [9.17, 15) is 4.79 Å². The van der Waals surface area contributed by atoms with E-state index in [1.165, 1.54) is 27.3 Å². The Morgan fingerprint density at radius 3 is 2.75 bits per heavy atom. The number of thiophene rings is 2. The Balaban J connectivity index is 1.58. The van der Waals surface area contributed by atoms with E-state index in [4.69, 9.17) is 5.73 Å². The second-order valence-electron chi connectivity index (χ2n) is 6.00. The average Bonchev–Trinajstić information content (AvgIpc) is 3.22. The zero-order chi connectivity index (χ0) is 16.5. The molecule has 0 atom stereocenters. The predicted octanol–water partition coefficient (Wildman–Crippen LogP) is 4.18. The summed E-state index contributed by atoms with van der Waals surface area (Å²) in [6.07, 6.45) is 0.891. The van der Waals surface area contributed by atoms with E-state index in [0.717, 1.165) is 36.5 Å². The maximum Gasteiger partial charge on any atom is 0.206 e. The number of rotatable bonds is 4. The fourth-order valence-corrected chi connectivity index (χ4v) is 5.06. The topological polar surface area (TPSA) is 46.3 Å². The van der Waals surface area contributed by atoms with Gasteiger partial charge in [-0.15, -0.1) is 22.7 Å². The van der Waals surface area contributed by atoms with Crippen molar-refractivity contribution in [2.45, 2.75) is 19.5 Å². The fourth-order valence-electron chi connectivity index (χ4n) is 3.23. The Labute approximate surface area is 149 Å². The van der Waals surface area contributed by atoms with Gasteiger partial charge < -0.3 is 5.73 Å². The molecular formula is C19H18N2OS2. The summed E-state index contributed by atoms with van der Waals surface area (Å²) in [7, 11) is 0. The van der Waals surface area contributed by atoms with Gasteiger partial charge in [-0.1, -0.05) is 36.4 Å². The molecule has 1 aliphatic rings. The van der Waals surface area contributed by atoms with Gasteiger partial charge in [-0.3, -0.25) is 9.69 Å². The first kappa shape index (κ1) is 15.6. The van der Waals surface area contributed by atoms with E-state index in [0.29, 0.717) is 5.00 Å². The lowest BCUT2D eigenvalue weighted by molar-refractivity contribution is 0.104. The number of carbonyl (C=O) groups is 1. The standard InChI is InChI=1S/C19H18N2OS2/c20-19-17(18(22)15-7-4-10-23-15)14-8-9-21(12-16(14)24-19)11-13-5-2-1-3-6-13/h1-7,10H,8-9,11-12,20H2. The number of fused-ring (bicyclic) bond motifs is 1. The molecule has 3 nitrogen and oxygen atoms in total. The van der Waals surface area contributed by atoms with Gasteiger partial charge in [0.1, 0.15) is 0 Å². The monoisotopic (exact) mass is 354 g/mol. The lowest BCUT2D eigenvalue weighted by Crippen LogP contribution is -2.29. The van der Waals surface area contributed by atoms with Crippen LogP contribution in [0.3, 0.4) is 0 Å². The van der Waals surface area contributed by atoms with Gasteiger partial charge in [0.2, 0.25) is 5.78 Å². The zero-order valence-electron chi connectivity index (χ0n) is 13.2. The van der Waals surface area contributed by atoms with Crippen LogP contribution in [0.5, 0.6) is 0 Å². The Kier molecular flexibility index (Phi) is 4.22. The SMILES string of the molecule is Nc1sc2c(c1C(=O)c1cccs1)CCN(Cc1ccccc1)C2. The molecular weight excluding hydrogens is 336 g/mol. The summed E-state index contributed by atoms with van der Waals surface area (Å²) in [5.74, 6) is 0.0801. The minimum atomic E-state index is 0.0801. The maximum absolute atomic E-state index is 12.8. The van der Waals surface area contributed by atoms with Crippen molar-refractivity contribution in [2.75, 3.05) is 12.3 Å². The molecule has 1 aliphatic heterocycles. The molecule has 2 N–H and O–H groups in total. The number of benzene rings is 1. The zero-order valence-corrected chi connectivity index (χ0v) is 14.8. The van der Waals surface area contributed by atoms with Crippen molar-refractivity contribution in [3.05, 3.63) is 74.3 Å². The Morgan fingerprint density at radius 2 is 2.00 bits per heavy atom. The third-order valence-electron chi connectivity index (χ3n) is 4.38. The van der Waals surface area contributed by atoms with E-state index in [-0.39, 0.29) is 5.78 Å². The molecule has 0 saturated carbocycles. The van der Waals surface area contributed by atoms with Crippen LogP contribution in [0.15, 0.2) is 47.8 Å². The molecule has 3 aromatic rings. The van der Waals surface area contributed by atoms with Crippen molar-refractivity contribution >= 4 is 33.5 Å². The fraction of sp³-hybridized carbons (Fsp3) is 0.211. The highest BCUT2D eigenvalue weighted by molar-refractivity contribution is 7.17. The van der Waals surface area contributed by atoms with Gasteiger partial charge in [-0.05, 0) is 29.0 Å². The molecule has 2 aromatic heterocycles. The molecule has 0 spiro atoms. The highest BCUT2D eigenvalue weighted by atomic mass is 32.1. The summed E-state index contributed by atoms with van der Waals surface area (Å²) < 4.78 is 0. The van der Waals surface area contributed by atoms with E-state index in [2.05, 4.69) is 29.2 Å². The van der Waals surface area contributed by atoms with Gasteiger partial charge in [0.15, 0.2) is 0 Å². The first-order valence-corrected chi connectivity index (χ1v) is 9.66. The molecule has 4 rings (SSSR count). The smallest absolute Gasteiger partial charge is 0.206 e. The largest absolute Gasteiger partial charge is 0.390 e. The molecule has 3 heterocycles. The second-order valence-corrected chi connectivity index (χ2v) is 8.08. The van der Waals surface area contributed by atoms with Crippen molar-refractivity contribution < 1.29 is 4.79 Å². The summed E-state index contributed by atoms with van der Waals surface area (Å²) in [6.45, 7) is 2.77. The molecule has 0 aliphatic carbocycles. The number of hydrogen-bond acceptors (Lipinski definition) is 5. The quantitative estimate of drug-likeness (QED) is 0.715. The molecule has 0 fully saturated rings. The van der Waals surface area contributed by atoms with Crippen molar-refractivity contribution in [3.8, 4) is 0 Å². The molecule has 0 saturated heterocycles. The molecule has 122 valence electrons. The summed E-state index contributed by atoms with van der Waals surface area (Å²) in [5, 5.41) is 2.60. The lowest BCUT2D eigenvalue weighted by Gasteiger charge is -2.27. The van der Waals surface area contributed by atoms with E-state index in [1.54, 1.807) is 11.3 Å². The summed E-state index contributed by atoms with van der Waals surface area (Å²) >= 11 is 3.06. The van der Waals surface area contributed by atoms with Crippen molar-refractivity contribution in [2.24, 2.45) is 0 Å². The van der Waals surface area contributed by atoms with E-state index < -0.39 is 0 Å². The molecule has 0 amide bonds. The van der Waals surface area contributed by atoms with Gasteiger partial charge in [-0.25, -0.2) is 0 Å². The Hall–Kier alpha value is -1.95. The lowest BCUT2D eigenvalue weighted by atomic mass is 9.99. The normalized spacial score (nSPS) is 14.5. The van der Waals surface area contributed by atoms with Crippen LogP contribution in [0.2, 0.25) is 0 Å². The molecule has 0 bridgehead atoms. The van der Waals surface area contributed by atoms with Crippen LogP contribution in [0, 0.1) is 0 Å². The Bertz CT molecular complexity index is 853. The van der Waals surface area contributed by atoms with Crippen molar-refractivity contribution in [3.63, 3.8) is 0 Å². The minimum absolute atomic E-state index is 0.0801.